The van der Waals surface area contributed by atoms with Crippen molar-refractivity contribution in [3.63, 3.8) is 0 Å². The number of nitrogens with two attached hydrogens (primary N) is 3. The third-order valence-electron chi connectivity index (χ3n) is 3.87. The van der Waals surface area contributed by atoms with Crippen LogP contribution < -0.4 is 37.9 Å². The van der Waals surface area contributed by atoms with Gasteiger partial charge in [-0.3, -0.25) is 30.8 Å². The lowest BCUT2D eigenvalue weighted by atomic mass is 9.97. The van der Waals surface area contributed by atoms with Crippen LogP contribution in [0.1, 0.15) is 25.7 Å². The lowest BCUT2D eigenvalue weighted by Gasteiger charge is -2.19. The number of aliphatic carboxylic acids is 2. The van der Waals surface area contributed by atoms with Crippen LogP contribution in [0.25, 0.3) is 0 Å². The zero-order valence-corrected chi connectivity index (χ0v) is 16.3. The summed E-state index contributed by atoms with van der Waals surface area (Å²) in [5.74, 6) is -6.93. The van der Waals surface area contributed by atoms with Crippen molar-refractivity contribution in [1.82, 2.24) is 10.6 Å². The maximum absolute atomic E-state index is 12.1. The highest BCUT2D eigenvalue weighted by molar-refractivity contribution is 5.93. The number of aliphatic hydroxyl groups excluding tert-OH is 1. The van der Waals surface area contributed by atoms with Crippen LogP contribution in [0.3, 0.4) is 0 Å². The molecule has 3 atom stereocenters. The molecule has 0 aromatic rings. The molecule has 0 bridgehead atoms. The van der Waals surface area contributed by atoms with Crippen LogP contribution >= 0.6 is 0 Å². The number of guanidine groups is 1. The number of carbonyl (C=O) groups is 5. The van der Waals surface area contributed by atoms with Gasteiger partial charge in [-0.25, -0.2) is 4.79 Å². The van der Waals surface area contributed by atoms with Gasteiger partial charge in [0, 0.05) is 12.4 Å². The second kappa shape index (κ2) is 13.8. The van der Waals surface area contributed by atoms with Gasteiger partial charge in [0.1, 0.15) is 6.04 Å². The maximum Gasteiger partial charge on any atom is 0.338 e. The molecule has 14 heteroatoms. The highest BCUT2D eigenvalue weighted by atomic mass is 16.4. The average molecular weight is 432 g/mol. The fourth-order valence-electron chi connectivity index (χ4n) is 2.28. The normalized spacial score (nSPS) is 13.4. The molecule has 0 aromatic carbocycles. The summed E-state index contributed by atoms with van der Waals surface area (Å²) in [4.78, 5) is 60.3. The van der Waals surface area contributed by atoms with Crippen molar-refractivity contribution in [2.75, 3.05) is 19.7 Å². The van der Waals surface area contributed by atoms with Crippen molar-refractivity contribution < 1.29 is 44.3 Å². The third kappa shape index (κ3) is 11.6. The van der Waals surface area contributed by atoms with Crippen LogP contribution in [0, 0.1) is 5.92 Å². The molecule has 0 spiro atoms. The van der Waals surface area contributed by atoms with E-state index >= 15 is 0 Å². The third-order valence-corrected chi connectivity index (χ3v) is 3.87. The molecule has 30 heavy (non-hydrogen) atoms. The molecule has 0 aliphatic rings. The minimum atomic E-state index is -1.66. The quantitative estimate of drug-likeness (QED) is 0.0684. The van der Waals surface area contributed by atoms with Crippen molar-refractivity contribution in [1.29, 1.82) is 0 Å². The first-order chi connectivity index (χ1) is 14.0. The number of carbonyl (C=O) groups excluding carboxylic acids is 4. The summed E-state index contributed by atoms with van der Waals surface area (Å²) in [6, 6.07) is -2.57. The minimum absolute atomic E-state index is 0.0300. The Morgan fingerprint density at radius 2 is 1.70 bits per heavy atom. The summed E-state index contributed by atoms with van der Waals surface area (Å²) >= 11 is 0. The van der Waals surface area contributed by atoms with E-state index in [1.807, 2.05) is 5.32 Å². The van der Waals surface area contributed by atoms with Crippen molar-refractivity contribution in [3.05, 3.63) is 0 Å². The van der Waals surface area contributed by atoms with E-state index in [1.54, 1.807) is 0 Å². The second-order valence-corrected chi connectivity index (χ2v) is 6.45. The predicted octanol–water partition coefficient (Wildman–Crippen LogP) is -7.16. The molecule has 0 heterocycles. The van der Waals surface area contributed by atoms with E-state index < -0.39 is 73.5 Å². The van der Waals surface area contributed by atoms with Gasteiger partial charge >= 0.3 is 11.9 Å². The number of carboxylic acids is 2. The van der Waals surface area contributed by atoms with Gasteiger partial charge in [0.2, 0.25) is 11.8 Å². The van der Waals surface area contributed by atoms with Gasteiger partial charge in [-0.2, -0.15) is 0 Å². The van der Waals surface area contributed by atoms with Crippen molar-refractivity contribution >= 4 is 35.5 Å². The standard InChI is InChI=1S/C16H28N6O8/c17-10(2-1-3-20-16(18)19)14(28)21-6-9(24)4-8(5-12(25)26)13(27)22-11(7-23)15(29)30/h8,10-11,23H,1-7,17H2,(H,21,28)(H,22,27)(H,25,26)(H,29,30)(H4,18,19,20). The Kier molecular flexibility index (Phi) is 12.3. The Labute approximate surface area is 171 Å². The van der Waals surface area contributed by atoms with Gasteiger partial charge in [0.05, 0.1) is 31.7 Å². The number of hydrogen-bond donors (Lipinski definition) is 8. The summed E-state index contributed by atoms with van der Waals surface area (Å²) in [6.07, 6.45) is -0.697. The summed E-state index contributed by atoms with van der Waals surface area (Å²) < 4.78 is 0. The lowest BCUT2D eigenvalue weighted by Crippen LogP contribution is -2.78. The van der Waals surface area contributed by atoms with E-state index in [1.165, 1.54) is 0 Å². The first-order valence-electron chi connectivity index (χ1n) is 8.98. The van der Waals surface area contributed by atoms with Crippen LogP contribution in [-0.2, 0) is 24.0 Å². The molecule has 0 saturated heterocycles. The van der Waals surface area contributed by atoms with Gasteiger partial charge in [-0.05, 0) is 19.3 Å². The van der Waals surface area contributed by atoms with Gasteiger partial charge in [0.25, 0.3) is 0 Å². The van der Waals surface area contributed by atoms with Crippen LogP contribution in [-0.4, -0.2) is 77.5 Å². The molecule has 0 fully saturated rings. The number of carboxylic acid groups (broad SMARTS) is 2. The van der Waals surface area contributed by atoms with Gasteiger partial charge in [-0.15, -0.1) is 0 Å². The fraction of sp³-hybridized carbons (Fsp3) is 0.625. The number of rotatable bonds is 15. The smallest absolute Gasteiger partial charge is 0.338 e. The highest BCUT2D eigenvalue weighted by Crippen LogP contribution is 2.10. The molecule has 0 radical (unpaired) electrons. The largest absolute Gasteiger partial charge is 0.550 e. The number of aliphatic hydroxyl groups is 1. The van der Waals surface area contributed by atoms with E-state index in [2.05, 4.69) is 10.3 Å². The van der Waals surface area contributed by atoms with Gasteiger partial charge < -0.3 is 36.5 Å². The molecule has 0 aromatic heterocycles. The maximum atomic E-state index is 12.1. The SMILES string of the molecule is NC(N)=[NH+]CCCC(N)C(=O)NCC(=O)CC(CC(=O)[O-])C(=O)NC(CO)C(=O)O. The Hall–Kier alpha value is -3.26. The van der Waals surface area contributed by atoms with E-state index in [-0.39, 0.29) is 12.4 Å². The molecule has 11 N–H and O–H groups in total. The number of hydrogen-bond acceptors (Lipinski definition) is 8. The van der Waals surface area contributed by atoms with Crippen LogP contribution in [0.5, 0.6) is 0 Å². The Bertz CT molecular complexity index is 664. The van der Waals surface area contributed by atoms with Crippen molar-refractivity contribution in [2.24, 2.45) is 23.1 Å². The van der Waals surface area contributed by atoms with Gasteiger partial charge in [-0.1, -0.05) is 0 Å². The summed E-state index contributed by atoms with van der Waals surface area (Å²) in [5.41, 5.74) is 16.1. The summed E-state index contributed by atoms with van der Waals surface area (Å²) in [5, 5.41) is 32.8. The molecular formula is C16H28N6O8. The fourth-order valence-corrected chi connectivity index (χ4v) is 2.28. The average Bonchev–Trinajstić information content (AvgIpc) is 2.65. The number of nitrogens with one attached hydrogen (secondary N) is 3. The Morgan fingerprint density at radius 3 is 2.20 bits per heavy atom. The Balaban J connectivity index is 4.66. The molecule has 0 saturated carbocycles. The van der Waals surface area contributed by atoms with Gasteiger partial charge in [0.15, 0.2) is 5.78 Å². The molecule has 14 nitrogen and oxygen atoms in total. The molecule has 0 aliphatic heterocycles. The van der Waals surface area contributed by atoms with Crippen LogP contribution in [0.15, 0.2) is 0 Å². The zero-order valence-electron chi connectivity index (χ0n) is 16.3. The van der Waals surface area contributed by atoms with E-state index in [0.717, 1.165) is 0 Å². The van der Waals surface area contributed by atoms with E-state index in [4.69, 9.17) is 27.4 Å². The molecule has 170 valence electrons. The molecular weight excluding hydrogens is 404 g/mol. The number of amides is 2. The lowest BCUT2D eigenvalue weighted by molar-refractivity contribution is -0.459. The van der Waals surface area contributed by atoms with Crippen molar-refractivity contribution in [3.8, 4) is 0 Å². The first-order valence-corrected chi connectivity index (χ1v) is 8.98. The Morgan fingerprint density at radius 1 is 1.07 bits per heavy atom. The predicted molar refractivity (Wildman–Crippen MR) is 98.8 cm³/mol. The minimum Gasteiger partial charge on any atom is -0.550 e. The van der Waals surface area contributed by atoms with E-state index in [0.29, 0.717) is 13.0 Å². The second-order valence-electron chi connectivity index (χ2n) is 6.45. The van der Waals surface area contributed by atoms with E-state index in [9.17, 15) is 29.1 Å². The number of Topliss-reactive ketones (excluding diaryl/α,β-unsaturated/α-hetero) is 1. The molecule has 0 aliphatic carbocycles. The molecule has 3 unspecified atom stereocenters. The van der Waals surface area contributed by atoms with Crippen LogP contribution in [0.2, 0.25) is 0 Å². The summed E-state index contributed by atoms with van der Waals surface area (Å²) in [6.45, 7) is -1.03. The first kappa shape index (κ1) is 26.7. The van der Waals surface area contributed by atoms with Crippen molar-refractivity contribution in [2.45, 2.75) is 37.8 Å². The molecule has 2 amide bonds. The zero-order chi connectivity index (χ0) is 23.3. The van der Waals surface area contributed by atoms with Crippen LogP contribution in [0.4, 0.5) is 0 Å². The molecule has 0 rings (SSSR count). The monoisotopic (exact) mass is 432 g/mol. The summed E-state index contributed by atoms with van der Waals surface area (Å²) in [7, 11) is 0. The highest BCUT2D eigenvalue weighted by Gasteiger charge is 2.27. The number of ketones is 1. The topological polar surface area (TPSA) is 265 Å².